The Bertz CT molecular complexity index is 422. The van der Waals surface area contributed by atoms with Gasteiger partial charge in [-0.05, 0) is 60.4 Å². The van der Waals surface area contributed by atoms with Gasteiger partial charge in [-0.1, -0.05) is 22.9 Å². The van der Waals surface area contributed by atoms with Gasteiger partial charge in [-0.2, -0.15) is 0 Å². The number of benzene rings is 1. The van der Waals surface area contributed by atoms with E-state index in [0.29, 0.717) is 0 Å². The molecule has 1 fully saturated rings. The van der Waals surface area contributed by atoms with E-state index < -0.39 is 0 Å². The van der Waals surface area contributed by atoms with Crippen molar-refractivity contribution in [1.29, 1.82) is 0 Å². The van der Waals surface area contributed by atoms with Gasteiger partial charge in [0.05, 0.1) is 5.69 Å². The van der Waals surface area contributed by atoms with E-state index >= 15 is 0 Å². The first-order chi connectivity index (χ1) is 8.54. The Kier molecular flexibility index (Phi) is 4.73. The minimum Gasteiger partial charge on any atom is -0.369 e. The second-order valence-electron chi connectivity index (χ2n) is 5.21. The van der Waals surface area contributed by atoms with Crippen LogP contribution in [0, 0.1) is 0 Å². The van der Waals surface area contributed by atoms with Crippen LogP contribution in [-0.2, 0) is 0 Å². The smallest absolute Gasteiger partial charge is 0.0512 e. The van der Waals surface area contributed by atoms with Gasteiger partial charge in [-0.3, -0.25) is 0 Å². The van der Waals surface area contributed by atoms with Gasteiger partial charge in [0.1, 0.15) is 0 Å². The Morgan fingerprint density at radius 2 is 2.17 bits per heavy atom. The van der Waals surface area contributed by atoms with Gasteiger partial charge in [0.25, 0.3) is 0 Å². The van der Waals surface area contributed by atoms with Crippen molar-refractivity contribution >= 4 is 37.5 Å². The second kappa shape index (κ2) is 5.93. The van der Waals surface area contributed by atoms with Gasteiger partial charge in [0.2, 0.25) is 0 Å². The molecule has 0 radical (unpaired) electrons. The predicted molar refractivity (Wildman–Crippen MR) is 85.4 cm³/mol. The van der Waals surface area contributed by atoms with E-state index in [1.165, 1.54) is 12.1 Å². The summed E-state index contributed by atoms with van der Waals surface area (Å²) in [5.41, 5.74) is 1.50. The first-order valence-corrected chi connectivity index (χ1v) is 8.08. The van der Waals surface area contributed by atoms with Crippen molar-refractivity contribution in [3.8, 4) is 0 Å². The van der Waals surface area contributed by atoms with Gasteiger partial charge in [-0.25, -0.2) is 0 Å². The molecule has 0 bridgehead atoms. The molecule has 0 spiro atoms. The van der Waals surface area contributed by atoms with E-state index in [4.69, 9.17) is 0 Å². The molecule has 1 aromatic rings. The third-order valence-corrected chi connectivity index (χ3v) is 4.86. The number of nitrogens with one attached hydrogen (secondary N) is 1. The number of hydrogen-bond donors (Lipinski definition) is 1. The summed E-state index contributed by atoms with van der Waals surface area (Å²) in [7, 11) is 0. The van der Waals surface area contributed by atoms with E-state index in [1.807, 2.05) is 0 Å². The molecule has 1 aliphatic heterocycles. The lowest BCUT2D eigenvalue weighted by atomic mass is 9.98. The van der Waals surface area contributed by atoms with Gasteiger partial charge >= 0.3 is 0 Å². The number of hydrogen-bond acceptors (Lipinski definition) is 2. The Labute approximate surface area is 126 Å². The molecule has 1 N–H and O–H groups in total. The highest BCUT2D eigenvalue weighted by atomic mass is 79.9. The number of rotatable bonds is 2. The molecule has 0 amide bonds. The summed E-state index contributed by atoms with van der Waals surface area (Å²) in [5, 5.41) is 3.67. The zero-order valence-electron chi connectivity index (χ0n) is 11.0. The molecular formula is C14H20Br2N2. The third-order valence-electron chi connectivity index (χ3n) is 3.73. The standard InChI is InChI=1S/C14H20Br2N2/c1-3-14(2)10-18(8-4-7-17-14)13-6-5-11(15)9-12(13)16/h5-6,9,17H,3-4,7-8,10H2,1-2H3. The molecule has 1 saturated heterocycles. The van der Waals surface area contributed by atoms with E-state index in [1.54, 1.807) is 0 Å². The van der Waals surface area contributed by atoms with Crippen LogP contribution in [0.1, 0.15) is 26.7 Å². The Balaban J connectivity index is 2.25. The monoisotopic (exact) mass is 374 g/mol. The summed E-state index contributed by atoms with van der Waals surface area (Å²) >= 11 is 7.19. The second-order valence-corrected chi connectivity index (χ2v) is 6.98. The van der Waals surface area contributed by atoms with E-state index in [-0.39, 0.29) is 5.54 Å². The molecule has 2 nitrogen and oxygen atoms in total. The molecule has 1 unspecified atom stereocenters. The van der Waals surface area contributed by atoms with Crippen LogP contribution < -0.4 is 10.2 Å². The lowest BCUT2D eigenvalue weighted by Crippen LogP contribution is -2.48. The van der Waals surface area contributed by atoms with E-state index in [2.05, 4.69) is 74.1 Å². The number of anilines is 1. The van der Waals surface area contributed by atoms with Gasteiger partial charge in [-0.15, -0.1) is 0 Å². The Morgan fingerprint density at radius 3 is 2.83 bits per heavy atom. The molecule has 1 aromatic carbocycles. The maximum Gasteiger partial charge on any atom is 0.0512 e. The van der Waals surface area contributed by atoms with Crippen LogP contribution >= 0.6 is 31.9 Å². The van der Waals surface area contributed by atoms with Crippen LogP contribution in [0.4, 0.5) is 5.69 Å². The molecular weight excluding hydrogens is 356 g/mol. The van der Waals surface area contributed by atoms with Crippen LogP contribution in [0.5, 0.6) is 0 Å². The Morgan fingerprint density at radius 1 is 1.39 bits per heavy atom. The largest absolute Gasteiger partial charge is 0.369 e. The molecule has 0 saturated carbocycles. The maximum atomic E-state index is 3.68. The highest BCUT2D eigenvalue weighted by Crippen LogP contribution is 2.31. The van der Waals surface area contributed by atoms with Gasteiger partial charge in [0, 0.05) is 27.6 Å². The maximum absolute atomic E-state index is 3.68. The SMILES string of the molecule is CCC1(C)CN(c2ccc(Br)cc2Br)CCCN1. The van der Waals surface area contributed by atoms with Crippen LogP contribution in [0.25, 0.3) is 0 Å². The summed E-state index contributed by atoms with van der Waals surface area (Å²) in [5.74, 6) is 0. The lowest BCUT2D eigenvalue weighted by Gasteiger charge is -2.34. The normalized spacial score (nSPS) is 25.0. The first kappa shape index (κ1) is 14.4. The van der Waals surface area contributed by atoms with Crippen molar-refractivity contribution in [3.63, 3.8) is 0 Å². The molecule has 1 atom stereocenters. The first-order valence-electron chi connectivity index (χ1n) is 6.49. The van der Waals surface area contributed by atoms with Crippen LogP contribution in [0.15, 0.2) is 27.1 Å². The van der Waals surface area contributed by atoms with Crippen molar-refractivity contribution in [2.24, 2.45) is 0 Å². The fourth-order valence-electron chi connectivity index (χ4n) is 2.40. The molecule has 4 heteroatoms. The predicted octanol–water partition coefficient (Wildman–Crippen LogP) is 4.18. The summed E-state index contributed by atoms with van der Waals surface area (Å²) in [4.78, 5) is 2.49. The summed E-state index contributed by atoms with van der Waals surface area (Å²) in [6.07, 6.45) is 2.34. The molecule has 0 aliphatic carbocycles. The molecule has 2 rings (SSSR count). The van der Waals surface area contributed by atoms with Crippen LogP contribution in [0.3, 0.4) is 0 Å². The van der Waals surface area contributed by atoms with Gasteiger partial charge < -0.3 is 10.2 Å². The highest BCUT2D eigenvalue weighted by molar-refractivity contribution is 9.11. The van der Waals surface area contributed by atoms with Gasteiger partial charge in [0.15, 0.2) is 0 Å². The summed E-state index contributed by atoms with van der Waals surface area (Å²) < 4.78 is 2.28. The van der Waals surface area contributed by atoms with E-state index in [9.17, 15) is 0 Å². The van der Waals surface area contributed by atoms with Crippen molar-refractivity contribution in [2.75, 3.05) is 24.5 Å². The summed E-state index contributed by atoms with van der Waals surface area (Å²) in [6, 6.07) is 6.42. The molecule has 18 heavy (non-hydrogen) atoms. The van der Waals surface area contributed by atoms with Crippen molar-refractivity contribution in [1.82, 2.24) is 5.32 Å². The number of nitrogens with zero attached hydrogens (tertiary/aromatic N) is 1. The fraction of sp³-hybridized carbons (Fsp3) is 0.571. The highest BCUT2D eigenvalue weighted by Gasteiger charge is 2.27. The van der Waals surface area contributed by atoms with Crippen molar-refractivity contribution < 1.29 is 0 Å². The van der Waals surface area contributed by atoms with E-state index in [0.717, 1.165) is 35.0 Å². The zero-order valence-corrected chi connectivity index (χ0v) is 14.1. The third kappa shape index (κ3) is 3.28. The zero-order chi connectivity index (χ0) is 13.2. The van der Waals surface area contributed by atoms with Crippen molar-refractivity contribution in [3.05, 3.63) is 27.1 Å². The Hall–Kier alpha value is -0.0600. The quantitative estimate of drug-likeness (QED) is 0.833. The molecule has 1 heterocycles. The molecule has 100 valence electrons. The fourth-order valence-corrected chi connectivity index (χ4v) is 3.69. The average Bonchev–Trinajstić information content (AvgIpc) is 2.52. The van der Waals surface area contributed by atoms with Crippen molar-refractivity contribution in [2.45, 2.75) is 32.2 Å². The molecule has 0 aromatic heterocycles. The summed E-state index contributed by atoms with van der Waals surface area (Å²) in [6.45, 7) is 7.85. The molecule has 1 aliphatic rings. The minimum absolute atomic E-state index is 0.211. The topological polar surface area (TPSA) is 15.3 Å². The van der Waals surface area contributed by atoms with Crippen LogP contribution in [0.2, 0.25) is 0 Å². The minimum atomic E-state index is 0.211. The number of halogens is 2. The lowest BCUT2D eigenvalue weighted by molar-refractivity contribution is 0.366. The van der Waals surface area contributed by atoms with Crippen LogP contribution in [-0.4, -0.2) is 25.2 Å². The average molecular weight is 376 g/mol.